The Morgan fingerprint density at radius 3 is 2.15 bits per heavy atom. The predicted octanol–water partition coefficient (Wildman–Crippen LogP) is 5.34. The summed E-state index contributed by atoms with van der Waals surface area (Å²) in [6, 6.07) is 18.2. The van der Waals surface area contributed by atoms with Gasteiger partial charge < -0.3 is 5.32 Å². The summed E-state index contributed by atoms with van der Waals surface area (Å²) in [7, 11) is -4.15. The van der Waals surface area contributed by atoms with Crippen LogP contribution in [0.25, 0.3) is 0 Å². The number of sulfonamides is 1. The number of anilines is 1. The second kappa shape index (κ2) is 10.1. The first kappa shape index (κ1) is 25.6. The molecule has 0 saturated carbocycles. The topological polar surface area (TPSA) is 66.5 Å². The van der Waals surface area contributed by atoms with Gasteiger partial charge in [-0.25, -0.2) is 8.42 Å². The van der Waals surface area contributed by atoms with E-state index in [1.165, 1.54) is 0 Å². The van der Waals surface area contributed by atoms with Crippen LogP contribution in [-0.2, 0) is 21.0 Å². The van der Waals surface area contributed by atoms with Gasteiger partial charge in [-0.15, -0.1) is 0 Å². The molecule has 0 aliphatic heterocycles. The van der Waals surface area contributed by atoms with E-state index < -0.39 is 45.9 Å². The molecule has 1 N–H and O–H groups in total. The molecule has 0 radical (unpaired) electrons. The summed E-state index contributed by atoms with van der Waals surface area (Å²) in [5.41, 5.74) is 1.02. The van der Waals surface area contributed by atoms with Crippen LogP contribution >= 0.6 is 11.6 Å². The molecule has 0 aliphatic rings. The van der Waals surface area contributed by atoms with E-state index in [0.717, 1.165) is 35.1 Å². The minimum atomic E-state index is -4.71. The lowest BCUT2D eigenvalue weighted by atomic mass is 9.98. The summed E-state index contributed by atoms with van der Waals surface area (Å²) < 4.78 is 65.1. The molecular weight excluding hydrogens is 489 g/mol. The van der Waals surface area contributed by atoms with Gasteiger partial charge in [-0.1, -0.05) is 71.8 Å². The van der Waals surface area contributed by atoms with Gasteiger partial charge in [0.1, 0.15) is 6.54 Å². The Morgan fingerprint density at radius 2 is 1.59 bits per heavy atom. The van der Waals surface area contributed by atoms with Crippen molar-refractivity contribution in [2.24, 2.45) is 0 Å². The van der Waals surface area contributed by atoms with Crippen molar-refractivity contribution in [3.05, 3.63) is 100 Å². The fourth-order valence-electron chi connectivity index (χ4n) is 3.36. The average molecular weight is 511 g/mol. The summed E-state index contributed by atoms with van der Waals surface area (Å²) in [5, 5.41) is 2.56. The van der Waals surface area contributed by atoms with Gasteiger partial charge in [-0.05, 0) is 36.2 Å². The minimum Gasteiger partial charge on any atom is -0.344 e. The first-order valence-corrected chi connectivity index (χ1v) is 12.3. The number of carbonyl (C=O) groups is 1. The molecule has 0 bridgehead atoms. The minimum absolute atomic E-state index is 0.232. The number of hydrogen-bond donors (Lipinski definition) is 1. The molecule has 10 heteroatoms. The van der Waals surface area contributed by atoms with Crippen molar-refractivity contribution in [2.75, 3.05) is 17.1 Å². The molecule has 1 amide bonds. The molecule has 0 saturated heterocycles. The van der Waals surface area contributed by atoms with Gasteiger partial charge in [-0.3, -0.25) is 9.10 Å². The van der Waals surface area contributed by atoms with E-state index in [-0.39, 0.29) is 5.02 Å². The van der Waals surface area contributed by atoms with Crippen LogP contribution < -0.4 is 9.62 Å². The average Bonchev–Trinajstić information content (AvgIpc) is 2.76. The third kappa shape index (κ3) is 6.30. The van der Waals surface area contributed by atoms with Crippen LogP contribution in [0, 0.1) is 6.92 Å². The van der Waals surface area contributed by atoms with Crippen LogP contribution in [0.2, 0.25) is 5.02 Å². The second-order valence-electron chi connectivity index (χ2n) is 7.76. The van der Waals surface area contributed by atoms with Crippen LogP contribution in [0.1, 0.15) is 28.3 Å². The van der Waals surface area contributed by atoms with Crippen LogP contribution in [-0.4, -0.2) is 27.1 Å². The summed E-state index contributed by atoms with van der Waals surface area (Å²) in [6.45, 7) is 1.16. The SMILES string of the molecule is Cc1ccc([C@@H](NC(=O)CN(c2cc(C(F)(F)F)ccc2Cl)S(C)(=O)=O)c2ccccc2)cc1. The van der Waals surface area contributed by atoms with Gasteiger partial charge in [0.25, 0.3) is 0 Å². The Balaban J connectivity index is 1.95. The molecule has 5 nitrogen and oxygen atoms in total. The van der Waals surface area contributed by atoms with Crippen molar-refractivity contribution in [2.45, 2.75) is 19.1 Å². The molecule has 0 unspecified atom stereocenters. The first-order chi connectivity index (χ1) is 15.9. The molecule has 34 heavy (non-hydrogen) atoms. The number of nitrogens with zero attached hydrogens (tertiary/aromatic N) is 1. The number of carbonyl (C=O) groups excluding carboxylic acids is 1. The van der Waals surface area contributed by atoms with Crippen LogP contribution in [0.3, 0.4) is 0 Å². The second-order valence-corrected chi connectivity index (χ2v) is 10.1. The van der Waals surface area contributed by atoms with E-state index in [1.807, 2.05) is 49.4 Å². The number of halogens is 4. The van der Waals surface area contributed by atoms with E-state index in [1.54, 1.807) is 12.1 Å². The predicted molar refractivity (Wildman–Crippen MR) is 126 cm³/mol. The number of alkyl halides is 3. The molecule has 180 valence electrons. The van der Waals surface area contributed by atoms with E-state index in [4.69, 9.17) is 11.6 Å². The van der Waals surface area contributed by atoms with Crippen molar-refractivity contribution < 1.29 is 26.4 Å². The Bertz CT molecular complexity index is 1260. The molecule has 3 aromatic carbocycles. The number of nitrogens with one attached hydrogen (secondary N) is 1. The summed E-state index contributed by atoms with van der Waals surface area (Å²) in [6.07, 6.45) is -3.92. The van der Waals surface area contributed by atoms with Gasteiger partial charge in [0.2, 0.25) is 15.9 Å². The molecule has 0 aromatic heterocycles. The molecule has 0 fully saturated rings. The van der Waals surface area contributed by atoms with Crippen LogP contribution in [0.15, 0.2) is 72.8 Å². The number of amides is 1. The number of hydrogen-bond acceptors (Lipinski definition) is 3. The highest BCUT2D eigenvalue weighted by atomic mass is 35.5. The molecule has 3 aromatic rings. The van der Waals surface area contributed by atoms with Crippen molar-refractivity contribution in [3.8, 4) is 0 Å². The smallest absolute Gasteiger partial charge is 0.344 e. The Hall–Kier alpha value is -3.04. The molecule has 0 spiro atoms. The van der Waals surface area contributed by atoms with Crippen LogP contribution in [0.4, 0.5) is 18.9 Å². The molecular formula is C24H22ClF3N2O3S. The van der Waals surface area contributed by atoms with Crippen molar-refractivity contribution in [1.82, 2.24) is 5.32 Å². The van der Waals surface area contributed by atoms with E-state index in [9.17, 15) is 26.4 Å². The van der Waals surface area contributed by atoms with Crippen molar-refractivity contribution in [1.29, 1.82) is 0 Å². The third-order valence-corrected chi connectivity index (χ3v) is 6.52. The summed E-state index contributed by atoms with van der Waals surface area (Å²) in [5.74, 6) is -0.715. The fourth-order valence-corrected chi connectivity index (χ4v) is 4.49. The van der Waals surface area contributed by atoms with Gasteiger partial charge in [-0.2, -0.15) is 13.2 Å². The lowest BCUT2D eigenvalue weighted by Crippen LogP contribution is -2.42. The normalized spacial score (nSPS) is 12.8. The zero-order valence-electron chi connectivity index (χ0n) is 18.3. The highest BCUT2D eigenvalue weighted by Crippen LogP contribution is 2.36. The van der Waals surface area contributed by atoms with Crippen LogP contribution in [0.5, 0.6) is 0 Å². The number of rotatable bonds is 7. The molecule has 0 heterocycles. The largest absolute Gasteiger partial charge is 0.416 e. The number of benzene rings is 3. The highest BCUT2D eigenvalue weighted by molar-refractivity contribution is 7.92. The first-order valence-electron chi connectivity index (χ1n) is 10.1. The van der Waals surface area contributed by atoms with E-state index in [2.05, 4.69) is 5.32 Å². The van der Waals surface area contributed by atoms with Crippen molar-refractivity contribution in [3.63, 3.8) is 0 Å². The van der Waals surface area contributed by atoms with E-state index >= 15 is 0 Å². The zero-order chi connectivity index (χ0) is 25.1. The van der Waals surface area contributed by atoms with Crippen molar-refractivity contribution >= 4 is 33.2 Å². The molecule has 0 aliphatic carbocycles. The maximum atomic E-state index is 13.2. The van der Waals surface area contributed by atoms with E-state index in [0.29, 0.717) is 10.4 Å². The van der Waals surface area contributed by atoms with Gasteiger partial charge in [0.15, 0.2) is 0 Å². The maximum Gasteiger partial charge on any atom is 0.416 e. The molecule has 1 atom stereocenters. The molecule has 3 rings (SSSR count). The summed E-state index contributed by atoms with van der Waals surface area (Å²) in [4.78, 5) is 13.0. The lowest BCUT2D eigenvalue weighted by Gasteiger charge is -2.26. The standard InChI is InChI=1S/C24H22ClF3N2O3S/c1-16-8-10-18(11-9-16)23(17-6-4-3-5-7-17)29-22(31)15-30(34(2,32)33)21-14-19(24(26,27)28)12-13-20(21)25/h3-14,23H,15H2,1-2H3,(H,29,31)/t23-/m0/s1. The van der Waals surface area contributed by atoms with Gasteiger partial charge in [0, 0.05) is 0 Å². The zero-order valence-corrected chi connectivity index (χ0v) is 19.9. The Kier molecular flexibility index (Phi) is 7.57. The maximum absolute atomic E-state index is 13.2. The number of aryl methyl sites for hydroxylation is 1. The van der Waals surface area contributed by atoms with Gasteiger partial charge in [0.05, 0.1) is 28.6 Å². The quantitative estimate of drug-likeness (QED) is 0.466. The monoisotopic (exact) mass is 510 g/mol. The summed E-state index contributed by atoms with van der Waals surface area (Å²) >= 11 is 6.04. The Labute approximate surface area is 201 Å². The fraction of sp³-hybridized carbons (Fsp3) is 0.208. The third-order valence-electron chi connectivity index (χ3n) is 5.08. The highest BCUT2D eigenvalue weighted by Gasteiger charge is 2.33. The Morgan fingerprint density at radius 1 is 1.00 bits per heavy atom. The lowest BCUT2D eigenvalue weighted by molar-refractivity contribution is -0.137. The van der Waals surface area contributed by atoms with Gasteiger partial charge >= 0.3 is 6.18 Å².